The molecule has 0 aliphatic heterocycles. The van der Waals surface area contributed by atoms with E-state index in [1.165, 1.54) is 0 Å². The van der Waals surface area contributed by atoms with Crippen LogP contribution in [0.15, 0.2) is 142 Å². The Morgan fingerprint density at radius 2 is 0.891 bits per heavy atom. The minimum atomic E-state index is 0.169. The van der Waals surface area contributed by atoms with Crippen LogP contribution in [0.25, 0.3) is 100 Å². The van der Waals surface area contributed by atoms with Crippen LogP contribution in [-0.2, 0) is 0 Å². The van der Waals surface area contributed by atoms with E-state index in [1.807, 2.05) is 97.1 Å². The third kappa shape index (κ3) is 5.35. The van der Waals surface area contributed by atoms with Crippen molar-refractivity contribution in [1.82, 2.24) is 15.0 Å². The molecule has 0 atom stereocenters. The fourth-order valence-corrected chi connectivity index (χ4v) is 7.45. The number of benzene rings is 7. The number of para-hydroxylation sites is 2. The van der Waals surface area contributed by atoms with E-state index in [9.17, 15) is 0 Å². The van der Waals surface area contributed by atoms with E-state index in [0.717, 1.165) is 77.3 Å². The molecule has 0 saturated carbocycles. The molecule has 10 aromatic rings. The Labute approximate surface area is 322 Å². The molecule has 0 saturated heterocycles. The lowest BCUT2D eigenvalue weighted by Crippen LogP contribution is -2.55. The van der Waals surface area contributed by atoms with Gasteiger partial charge in [-0.25, -0.2) is 15.0 Å². The Morgan fingerprint density at radius 1 is 0.364 bits per heavy atom. The average Bonchev–Trinajstić information content (AvgIpc) is 3.81. The second kappa shape index (κ2) is 12.8. The van der Waals surface area contributed by atoms with Crippen molar-refractivity contribution in [1.29, 1.82) is 0 Å². The van der Waals surface area contributed by atoms with Crippen molar-refractivity contribution >= 4 is 110 Å². The van der Waals surface area contributed by atoms with Gasteiger partial charge in [0.15, 0.2) is 17.5 Å². The van der Waals surface area contributed by atoms with Crippen LogP contribution in [0.4, 0.5) is 0 Å². The molecule has 7 aromatic carbocycles. The predicted octanol–water partition coefficient (Wildman–Crippen LogP) is 5.97. The lowest BCUT2D eigenvalue weighted by Gasteiger charge is -2.21. The zero-order valence-electron chi connectivity index (χ0n) is 29.2. The van der Waals surface area contributed by atoms with Gasteiger partial charge >= 0.3 is 0 Å². The molecule has 5 nitrogen and oxygen atoms in total. The highest BCUT2D eigenvalue weighted by molar-refractivity contribution is 6.68. The molecule has 10 rings (SSSR count). The van der Waals surface area contributed by atoms with Gasteiger partial charge in [-0.05, 0) is 47.0 Å². The Kier molecular flexibility index (Phi) is 7.70. The molecule has 3 heterocycles. The van der Waals surface area contributed by atoms with Gasteiger partial charge in [0, 0.05) is 43.8 Å². The van der Waals surface area contributed by atoms with Gasteiger partial charge in [0.25, 0.3) is 0 Å². The SMILES string of the molecule is [B]c1c([B])c([B])c(-c2ccc(-c3nc(-c4ccccc4)nc(-c4ccc5oc6cccc(-c7cccc8c7oc7ccccc78)c6c5c4)n3)cc2)c([B])c1[B]. The number of aromatic nitrogens is 3. The summed E-state index contributed by atoms with van der Waals surface area (Å²) >= 11 is 0. The maximum atomic E-state index is 6.45. The van der Waals surface area contributed by atoms with Gasteiger partial charge in [0.05, 0.1) is 0 Å². The third-order valence-corrected chi connectivity index (χ3v) is 10.2. The van der Waals surface area contributed by atoms with Crippen LogP contribution in [-0.4, -0.2) is 54.2 Å². The van der Waals surface area contributed by atoms with Gasteiger partial charge in [0.1, 0.15) is 61.6 Å². The molecule has 10 radical (unpaired) electrons. The molecule has 55 heavy (non-hydrogen) atoms. The first-order valence-electron chi connectivity index (χ1n) is 17.6. The van der Waals surface area contributed by atoms with Crippen molar-refractivity contribution in [3.63, 3.8) is 0 Å². The Balaban J connectivity index is 1.13. The van der Waals surface area contributed by atoms with Gasteiger partial charge in [0.2, 0.25) is 0 Å². The fourth-order valence-electron chi connectivity index (χ4n) is 7.45. The van der Waals surface area contributed by atoms with Gasteiger partial charge in [-0.15, -0.1) is 16.4 Å². The van der Waals surface area contributed by atoms with Crippen LogP contribution in [0.1, 0.15) is 0 Å². The minimum Gasteiger partial charge on any atom is -0.456 e. The molecule has 244 valence electrons. The average molecular weight is 691 g/mol. The van der Waals surface area contributed by atoms with E-state index in [0.29, 0.717) is 23.0 Å². The van der Waals surface area contributed by atoms with Crippen LogP contribution in [0.5, 0.6) is 0 Å². The molecular weight excluding hydrogens is 669 g/mol. The first-order chi connectivity index (χ1) is 26.8. The minimum absolute atomic E-state index is 0.169. The van der Waals surface area contributed by atoms with Gasteiger partial charge in [-0.2, -0.15) is 0 Å². The Hall–Kier alpha value is -6.53. The van der Waals surface area contributed by atoms with Crippen LogP contribution in [0, 0.1) is 0 Å². The first-order valence-corrected chi connectivity index (χ1v) is 17.6. The lowest BCUT2D eigenvalue weighted by molar-refractivity contribution is 0.668. The summed E-state index contributed by atoms with van der Waals surface area (Å²) in [6.07, 6.45) is 0. The highest BCUT2D eigenvalue weighted by Gasteiger charge is 2.20. The molecule has 0 amide bonds. The zero-order chi connectivity index (χ0) is 37.4. The maximum absolute atomic E-state index is 6.45. The van der Waals surface area contributed by atoms with Crippen molar-refractivity contribution in [3.05, 3.63) is 133 Å². The quantitative estimate of drug-likeness (QED) is 0.208. The molecule has 10 heteroatoms. The fraction of sp³-hybridized carbons (Fsp3) is 0. The van der Waals surface area contributed by atoms with Crippen LogP contribution in [0.3, 0.4) is 0 Å². The summed E-state index contributed by atoms with van der Waals surface area (Å²) in [5.74, 6) is 1.53. The standard InChI is InChI=1S/C45H22B5N3O2/c46-37-35(38(47)40(49)41(50)39(37)48)23-16-18-25(19-17-23)44-51-43(24-8-2-1-3-9-24)52-45(53-44)26-20-21-33-31(22-26)36-28(11-7-15-34(36)54-33)30-13-6-12-29-27-10-4-5-14-32(27)55-42(29)30/h1-22H. The molecule has 0 aliphatic rings. The summed E-state index contributed by atoms with van der Waals surface area (Å²) in [6.45, 7) is 0. The highest BCUT2D eigenvalue weighted by Crippen LogP contribution is 2.42. The van der Waals surface area contributed by atoms with Crippen LogP contribution in [0.2, 0.25) is 0 Å². The van der Waals surface area contributed by atoms with E-state index < -0.39 is 0 Å². The van der Waals surface area contributed by atoms with Crippen molar-refractivity contribution in [2.45, 2.75) is 0 Å². The summed E-state index contributed by atoms with van der Waals surface area (Å²) in [6, 6.07) is 43.9. The number of nitrogens with zero attached hydrogens (tertiary/aromatic N) is 3. The summed E-state index contributed by atoms with van der Waals surface area (Å²) in [5, 5.41) is 4.05. The largest absolute Gasteiger partial charge is 0.456 e. The van der Waals surface area contributed by atoms with E-state index in [4.69, 9.17) is 63.0 Å². The van der Waals surface area contributed by atoms with Crippen molar-refractivity contribution < 1.29 is 8.83 Å². The molecule has 0 fully saturated rings. The van der Waals surface area contributed by atoms with E-state index >= 15 is 0 Å². The Bertz CT molecular complexity index is 3130. The molecule has 0 aliphatic carbocycles. The van der Waals surface area contributed by atoms with E-state index in [2.05, 4.69) is 36.4 Å². The van der Waals surface area contributed by atoms with Gasteiger partial charge in [-0.3, -0.25) is 0 Å². The molecule has 0 unspecified atom stereocenters. The van der Waals surface area contributed by atoms with E-state index in [1.54, 1.807) is 0 Å². The predicted molar refractivity (Wildman–Crippen MR) is 229 cm³/mol. The number of rotatable bonds is 5. The van der Waals surface area contributed by atoms with Gasteiger partial charge < -0.3 is 8.83 Å². The summed E-state index contributed by atoms with van der Waals surface area (Å²) in [7, 11) is 31.1. The highest BCUT2D eigenvalue weighted by atomic mass is 16.3. The lowest BCUT2D eigenvalue weighted by atomic mass is 9.59. The van der Waals surface area contributed by atoms with Crippen molar-refractivity contribution in [2.75, 3.05) is 0 Å². The molecular formula is C45H22B5N3O2. The maximum Gasteiger partial charge on any atom is 0.164 e. The summed E-state index contributed by atoms with van der Waals surface area (Å²) in [5.41, 5.74) is 9.94. The molecule has 0 bridgehead atoms. The van der Waals surface area contributed by atoms with Crippen molar-refractivity contribution in [3.8, 4) is 56.4 Å². The van der Waals surface area contributed by atoms with E-state index in [-0.39, 0.29) is 27.3 Å². The van der Waals surface area contributed by atoms with Crippen LogP contribution < -0.4 is 27.3 Å². The second-order valence-electron chi connectivity index (χ2n) is 13.5. The second-order valence-corrected chi connectivity index (χ2v) is 13.5. The molecule has 0 spiro atoms. The molecule has 3 aromatic heterocycles. The number of fused-ring (bicyclic) bond motifs is 6. The summed E-state index contributed by atoms with van der Waals surface area (Å²) in [4.78, 5) is 14.9. The Morgan fingerprint density at radius 3 is 1.64 bits per heavy atom. The smallest absolute Gasteiger partial charge is 0.164 e. The van der Waals surface area contributed by atoms with Gasteiger partial charge in [-0.1, -0.05) is 114 Å². The zero-order valence-corrected chi connectivity index (χ0v) is 29.2. The van der Waals surface area contributed by atoms with Crippen LogP contribution >= 0.6 is 0 Å². The molecule has 0 N–H and O–H groups in total. The first kappa shape index (κ1) is 33.1. The number of hydrogen-bond donors (Lipinski definition) is 0. The number of furan rings is 2. The summed E-state index contributed by atoms with van der Waals surface area (Å²) < 4.78 is 12.9. The monoisotopic (exact) mass is 691 g/mol. The normalized spacial score (nSPS) is 11.6. The van der Waals surface area contributed by atoms with Crippen molar-refractivity contribution in [2.24, 2.45) is 0 Å². The topological polar surface area (TPSA) is 65.0 Å². The number of hydrogen-bond acceptors (Lipinski definition) is 5. The third-order valence-electron chi connectivity index (χ3n) is 10.2.